The average molecular weight is 1010 g/mol. The molecule has 1 aromatic heterocycles. The van der Waals surface area contributed by atoms with E-state index < -0.39 is 149 Å². The summed E-state index contributed by atoms with van der Waals surface area (Å²) in [5.74, 6) is -71.4. The Hall–Kier alpha value is -7.80. The van der Waals surface area contributed by atoms with Crippen molar-refractivity contribution in [2.24, 2.45) is 0 Å². The average Bonchev–Trinajstić information content (AvgIpc) is 3.34. The SMILES string of the molecule is Fc1c(F)c(F)c([B-](c2c(F)c(F)c(F)c(F)c2F)(c2c(F)c(F)c(F)c(F)c2F)c2c(F)c(F)c(F)c(F)c2F)c(F)c1F.O=C(C[n+]1c(C=CC[N+](=O)[O-])ccc2ccccc21)c1ccccc1. The van der Waals surface area contributed by atoms with Crippen LogP contribution in [0.15, 0.2) is 72.8 Å². The molecule has 0 radical (unpaired) electrons. The van der Waals surface area contributed by atoms with E-state index in [9.17, 15) is 67.6 Å². The van der Waals surface area contributed by atoms with Gasteiger partial charge in [0, 0.05) is 34.1 Å². The molecule has 0 fully saturated rings. The van der Waals surface area contributed by atoms with Crippen LogP contribution in [0.2, 0.25) is 0 Å². The van der Waals surface area contributed by atoms with Gasteiger partial charge in [0.15, 0.2) is 69.8 Å². The maximum atomic E-state index is 15.4. The van der Waals surface area contributed by atoms with E-state index in [4.69, 9.17) is 0 Å². The van der Waals surface area contributed by atoms with E-state index in [1.54, 1.807) is 18.2 Å². The summed E-state index contributed by atoms with van der Waals surface area (Å²) in [6.07, 6.45) is -4.04. The van der Waals surface area contributed by atoms with Crippen molar-refractivity contribution in [1.82, 2.24) is 0 Å². The first-order valence-corrected chi connectivity index (χ1v) is 18.9. The highest BCUT2D eigenvalue weighted by Gasteiger charge is 2.52. The molecule has 70 heavy (non-hydrogen) atoms. The zero-order chi connectivity index (χ0) is 52.0. The van der Waals surface area contributed by atoms with Gasteiger partial charge in [0.25, 0.3) is 0 Å². The van der Waals surface area contributed by atoms with E-state index in [0.29, 0.717) is 5.56 Å². The number of halogens is 20. The van der Waals surface area contributed by atoms with E-state index in [2.05, 4.69) is 0 Å². The number of nitrogens with zero attached hydrogens (tertiary/aromatic N) is 2. The number of carbonyl (C=O) groups is 1. The minimum Gasteiger partial charge on any atom is -0.287 e. The number of aromatic nitrogens is 1. The van der Waals surface area contributed by atoms with Crippen molar-refractivity contribution in [2.75, 3.05) is 6.54 Å². The molecule has 1 heterocycles. The van der Waals surface area contributed by atoms with Crippen molar-refractivity contribution < 1.29 is 102 Å². The molecule has 0 N–H and O–H groups in total. The van der Waals surface area contributed by atoms with E-state index in [1.165, 1.54) is 6.08 Å². The molecule has 0 amide bonds. The van der Waals surface area contributed by atoms with Gasteiger partial charge in [-0.2, -0.15) is 4.57 Å². The Bertz CT molecular complexity index is 2960. The monoisotopic (exact) mass is 1010 g/mol. The normalized spacial score (nSPS) is 11.7. The summed E-state index contributed by atoms with van der Waals surface area (Å²) in [7, 11) is 0. The van der Waals surface area contributed by atoms with Gasteiger partial charge in [0.2, 0.25) is 30.1 Å². The van der Waals surface area contributed by atoms with Gasteiger partial charge in [-0.05, 0) is 18.2 Å². The van der Waals surface area contributed by atoms with Crippen LogP contribution in [0.3, 0.4) is 0 Å². The zero-order valence-electron chi connectivity index (χ0n) is 33.7. The Morgan fingerprint density at radius 2 is 0.757 bits per heavy atom. The van der Waals surface area contributed by atoms with Crippen molar-refractivity contribution in [3.8, 4) is 0 Å². The van der Waals surface area contributed by atoms with Crippen LogP contribution in [0.25, 0.3) is 17.0 Å². The minimum absolute atomic E-state index is 0.00845. The molecule has 0 aliphatic rings. The smallest absolute Gasteiger partial charge is 0.227 e. The highest BCUT2D eigenvalue weighted by atomic mass is 19.2. The fourth-order valence-corrected chi connectivity index (χ4v) is 7.59. The molecule has 0 saturated carbocycles. The molecule has 26 heteroatoms. The summed E-state index contributed by atoms with van der Waals surface area (Å²) in [5, 5.41) is 11.6. The predicted octanol–water partition coefficient (Wildman–Crippen LogP) is 9.15. The maximum Gasteiger partial charge on any atom is 0.227 e. The van der Waals surface area contributed by atoms with E-state index >= 15 is 35.1 Å². The van der Waals surface area contributed by atoms with Gasteiger partial charge in [-0.15, -0.1) is 21.9 Å². The Morgan fingerprint density at radius 3 is 1.10 bits per heavy atom. The number of rotatable bonds is 10. The van der Waals surface area contributed by atoms with Gasteiger partial charge >= 0.3 is 0 Å². The lowest BCUT2D eigenvalue weighted by Crippen LogP contribution is -2.81. The summed E-state index contributed by atoms with van der Waals surface area (Å²) in [6.45, 7) is -0.0804. The van der Waals surface area contributed by atoms with Crippen molar-refractivity contribution in [1.29, 1.82) is 0 Å². The molecular weight excluding hydrogens is 995 g/mol. The maximum absolute atomic E-state index is 15.4. The number of nitro groups is 1. The third kappa shape index (κ3) is 8.43. The highest BCUT2D eigenvalue weighted by molar-refractivity contribution is 7.20. The standard InChI is InChI=1S/C24BF20.C20H17N2O3/c26-5-1(6(27)14(35)21(42)13(5)34)25(2-7(28)15(36)22(43)16(37)8(2)29,3-9(30)17(38)23(44)18(39)10(3)31)4-11(32)19(40)24(45)20(41)12(4)33;23-20(17-8-2-1-3-9-17)15-21-18(10-6-14-22(24)25)13-12-16-7-4-5-11-19(16)21/h;1-13H,14-15H2/q-1;+1. The second kappa shape index (κ2) is 19.7. The lowest BCUT2D eigenvalue weighted by molar-refractivity contribution is -0.658. The number of benzene rings is 6. The number of carbonyl (C=O) groups excluding carboxylic acids is 1. The number of Topliss-reactive ketones (excluding diaryl/α,β-unsaturated/α-hetero) is 1. The molecule has 0 aliphatic heterocycles. The Balaban J connectivity index is 0.000000270. The van der Waals surface area contributed by atoms with Crippen molar-refractivity contribution >= 4 is 50.8 Å². The first-order chi connectivity index (χ1) is 32.8. The fraction of sp³-hybridized carbons (Fsp3) is 0.0455. The van der Waals surface area contributed by atoms with Crippen molar-refractivity contribution in [3.05, 3.63) is 211 Å². The lowest BCUT2D eigenvalue weighted by atomic mass is 9.12. The van der Waals surface area contributed by atoms with Gasteiger partial charge in [-0.1, -0.05) is 42.5 Å². The summed E-state index contributed by atoms with van der Waals surface area (Å²) >= 11 is 0. The molecule has 0 bridgehead atoms. The van der Waals surface area contributed by atoms with E-state index in [0.717, 1.165) is 16.6 Å². The van der Waals surface area contributed by atoms with Gasteiger partial charge in [0.1, 0.15) is 52.7 Å². The Morgan fingerprint density at radius 1 is 0.443 bits per heavy atom. The number of pyridine rings is 1. The molecule has 6 aromatic carbocycles. The van der Waals surface area contributed by atoms with Crippen molar-refractivity contribution in [3.63, 3.8) is 0 Å². The van der Waals surface area contributed by atoms with Gasteiger partial charge in [-0.3, -0.25) is 14.9 Å². The molecule has 5 nitrogen and oxygen atoms in total. The summed E-state index contributed by atoms with van der Waals surface area (Å²) in [6, 6.07) is 20.7. The van der Waals surface area contributed by atoms with Crippen LogP contribution in [0.4, 0.5) is 87.8 Å². The van der Waals surface area contributed by atoms with Crippen LogP contribution in [0, 0.1) is 126 Å². The highest BCUT2D eigenvalue weighted by Crippen LogP contribution is 2.31. The third-order valence-electron chi connectivity index (χ3n) is 10.6. The summed E-state index contributed by atoms with van der Waals surface area (Å²) in [5.41, 5.74) is -12.0. The molecule has 0 aliphatic carbocycles. The quantitative estimate of drug-likeness (QED) is 0.0201. The molecule has 0 atom stereocenters. The lowest BCUT2D eigenvalue weighted by Gasteiger charge is -2.44. The Kier molecular flexibility index (Phi) is 14.5. The van der Waals surface area contributed by atoms with Crippen LogP contribution < -0.4 is 26.4 Å². The number of para-hydroxylation sites is 1. The van der Waals surface area contributed by atoms with Crippen LogP contribution >= 0.6 is 0 Å². The molecule has 0 saturated heterocycles. The first-order valence-electron chi connectivity index (χ1n) is 18.9. The molecule has 364 valence electrons. The molecule has 0 spiro atoms. The summed E-state index contributed by atoms with van der Waals surface area (Å²) in [4.78, 5) is 22.8. The van der Waals surface area contributed by atoms with Gasteiger partial charge in [-0.25, -0.2) is 87.8 Å². The Labute approximate surface area is 376 Å². The van der Waals surface area contributed by atoms with Gasteiger partial charge < -0.3 is 0 Å². The molecule has 7 aromatic rings. The molecular formula is C44H17BF20N2O3. The fourth-order valence-electron chi connectivity index (χ4n) is 7.59. The molecule has 7 rings (SSSR count). The largest absolute Gasteiger partial charge is 0.287 e. The number of hydrogen-bond donors (Lipinski definition) is 0. The zero-order valence-corrected chi connectivity index (χ0v) is 33.7. The van der Waals surface area contributed by atoms with Gasteiger partial charge in [0.05, 0.1) is 0 Å². The topological polar surface area (TPSA) is 64.1 Å². The van der Waals surface area contributed by atoms with Crippen LogP contribution in [0.1, 0.15) is 16.1 Å². The second-order valence-corrected chi connectivity index (χ2v) is 14.4. The van der Waals surface area contributed by atoms with Crippen LogP contribution in [-0.2, 0) is 6.54 Å². The first kappa shape index (κ1) is 51.6. The second-order valence-electron chi connectivity index (χ2n) is 14.4. The van der Waals surface area contributed by atoms with E-state index in [-0.39, 0.29) is 18.9 Å². The number of fused-ring (bicyclic) bond motifs is 1. The summed E-state index contributed by atoms with van der Waals surface area (Å²) < 4.78 is 296. The minimum atomic E-state index is -7.22. The predicted molar refractivity (Wildman–Crippen MR) is 205 cm³/mol. The van der Waals surface area contributed by atoms with Crippen LogP contribution in [-0.4, -0.2) is 23.4 Å². The van der Waals surface area contributed by atoms with E-state index in [1.807, 2.05) is 59.2 Å². The van der Waals surface area contributed by atoms with Crippen LogP contribution in [0.5, 0.6) is 0 Å². The number of ketones is 1. The third-order valence-corrected chi connectivity index (χ3v) is 10.6. The van der Waals surface area contributed by atoms with Crippen molar-refractivity contribution in [2.45, 2.75) is 6.54 Å². The number of hydrogen-bond acceptors (Lipinski definition) is 3. The molecule has 0 unspecified atom stereocenters.